The zero-order valence-electron chi connectivity index (χ0n) is 11.3. The summed E-state index contributed by atoms with van der Waals surface area (Å²) in [5, 5.41) is 0.905. The Bertz CT molecular complexity index is 419. The third-order valence-corrected chi connectivity index (χ3v) is 4.30. The summed E-state index contributed by atoms with van der Waals surface area (Å²) in [4.78, 5) is 13.8. The number of carbonyl (C=O) groups is 1. The van der Waals surface area contributed by atoms with Crippen LogP contribution in [0.1, 0.15) is 24.5 Å². The van der Waals surface area contributed by atoms with E-state index >= 15 is 0 Å². The summed E-state index contributed by atoms with van der Waals surface area (Å²) >= 11 is 3.46. The molecule has 2 rings (SSSR count). The molecule has 0 spiro atoms. The predicted molar refractivity (Wildman–Crippen MR) is 79.1 cm³/mol. The third kappa shape index (κ3) is 4.05. The molecule has 1 aromatic rings. The number of ether oxygens (including phenoxy) is 1. The van der Waals surface area contributed by atoms with E-state index < -0.39 is 0 Å². The standard InChI is InChI=1S/C15H20BrNO2/c1-2-19-11-13-5-3-12(4-6-13)9-17-10-14(8-16)7-15(17)18/h3-6,14H,2,7-11H2,1H3. The lowest BCUT2D eigenvalue weighted by Gasteiger charge is -2.16. The maximum Gasteiger partial charge on any atom is 0.223 e. The van der Waals surface area contributed by atoms with Crippen LogP contribution in [0.4, 0.5) is 0 Å². The van der Waals surface area contributed by atoms with Crippen LogP contribution in [0.3, 0.4) is 0 Å². The molecule has 1 unspecified atom stereocenters. The van der Waals surface area contributed by atoms with Gasteiger partial charge in [0.25, 0.3) is 0 Å². The topological polar surface area (TPSA) is 29.5 Å². The lowest BCUT2D eigenvalue weighted by Crippen LogP contribution is -2.24. The summed E-state index contributed by atoms with van der Waals surface area (Å²) in [6.45, 7) is 4.97. The van der Waals surface area contributed by atoms with Crippen molar-refractivity contribution in [3.63, 3.8) is 0 Å². The first-order chi connectivity index (χ1) is 9.22. The average molecular weight is 326 g/mol. The lowest BCUT2D eigenvalue weighted by atomic mass is 10.1. The van der Waals surface area contributed by atoms with Crippen molar-refractivity contribution in [1.82, 2.24) is 4.90 Å². The fourth-order valence-corrected chi connectivity index (χ4v) is 2.73. The van der Waals surface area contributed by atoms with Crippen LogP contribution in [-0.4, -0.2) is 29.3 Å². The van der Waals surface area contributed by atoms with E-state index in [9.17, 15) is 4.79 Å². The van der Waals surface area contributed by atoms with Gasteiger partial charge >= 0.3 is 0 Å². The molecule has 1 aliphatic heterocycles. The van der Waals surface area contributed by atoms with E-state index in [1.54, 1.807) is 0 Å². The highest BCUT2D eigenvalue weighted by molar-refractivity contribution is 9.09. The highest BCUT2D eigenvalue weighted by atomic mass is 79.9. The number of hydrogen-bond acceptors (Lipinski definition) is 2. The molecule has 0 radical (unpaired) electrons. The second-order valence-electron chi connectivity index (χ2n) is 4.95. The van der Waals surface area contributed by atoms with Crippen LogP contribution in [0.25, 0.3) is 0 Å². The summed E-state index contributed by atoms with van der Waals surface area (Å²) in [6, 6.07) is 8.33. The van der Waals surface area contributed by atoms with Crippen LogP contribution >= 0.6 is 15.9 Å². The Labute approximate surface area is 123 Å². The molecule has 0 bridgehead atoms. The first-order valence-corrected chi connectivity index (χ1v) is 7.84. The normalized spacial score (nSPS) is 19.2. The molecule has 3 nitrogen and oxygen atoms in total. The maximum absolute atomic E-state index is 11.8. The van der Waals surface area contributed by atoms with Crippen LogP contribution in [0.5, 0.6) is 0 Å². The van der Waals surface area contributed by atoms with Crippen LogP contribution in [0.15, 0.2) is 24.3 Å². The summed E-state index contributed by atoms with van der Waals surface area (Å²) < 4.78 is 5.37. The predicted octanol–water partition coefficient (Wildman–Crippen LogP) is 2.97. The number of alkyl halides is 1. The molecule has 0 aliphatic carbocycles. The summed E-state index contributed by atoms with van der Waals surface area (Å²) in [5.74, 6) is 0.729. The van der Waals surface area contributed by atoms with Crippen molar-refractivity contribution >= 4 is 21.8 Å². The molecular formula is C15H20BrNO2. The molecule has 1 fully saturated rings. The van der Waals surface area contributed by atoms with Gasteiger partial charge in [-0.2, -0.15) is 0 Å². The van der Waals surface area contributed by atoms with E-state index in [0.717, 1.165) is 25.0 Å². The number of carbonyl (C=O) groups excluding carboxylic acids is 1. The first-order valence-electron chi connectivity index (χ1n) is 6.72. The van der Waals surface area contributed by atoms with Gasteiger partial charge in [0.2, 0.25) is 5.91 Å². The van der Waals surface area contributed by atoms with Gasteiger partial charge in [-0.25, -0.2) is 0 Å². The third-order valence-electron chi connectivity index (χ3n) is 3.38. The van der Waals surface area contributed by atoms with Crippen molar-refractivity contribution < 1.29 is 9.53 Å². The fraction of sp³-hybridized carbons (Fsp3) is 0.533. The number of rotatable bonds is 6. The Morgan fingerprint density at radius 2 is 2.00 bits per heavy atom. The molecular weight excluding hydrogens is 306 g/mol. The molecule has 0 saturated carbocycles. The van der Waals surface area contributed by atoms with Crippen molar-refractivity contribution in [3.8, 4) is 0 Å². The second kappa shape index (κ2) is 7.06. The van der Waals surface area contributed by atoms with Gasteiger partial charge in [0.15, 0.2) is 0 Å². The highest BCUT2D eigenvalue weighted by Crippen LogP contribution is 2.21. The number of nitrogens with zero attached hydrogens (tertiary/aromatic N) is 1. The molecule has 4 heteroatoms. The quantitative estimate of drug-likeness (QED) is 0.752. The fourth-order valence-electron chi connectivity index (χ4n) is 2.29. The van der Waals surface area contributed by atoms with E-state index in [4.69, 9.17) is 4.74 Å². The largest absolute Gasteiger partial charge is 0.377 e. The van der Waals surface area contributed by atoms with Gasteiger partial charge in [0, 0.05) is 31.4 Å². The van der Waals surface area contributed by atoms with E-state index in [2.05, 4.69) is 40.2 Å². The summed E-state index contributed by atoms with van der Waals surface area (Å²) in [6.07, 6.45) is 0.674. The zero-order chi connectivity index (χ0) is 13.7. The van der Waals surface area contributed by atoms with E-state index in [0.29, 0.717) is 18.9 Å². The summed E-state index contributed by atoms with van der Waals surface area (Å²) in [7, 11) is 0. The van der Waals surface area contributed by atoms with Gasteiger partial charge in [-0.05, 0) is 24.0 Å². The first kappa shape index (κ1) is 14.5. The van der Waals surface area contributed by atoms with Crippen molar-refractivity contribution in [2.75, 3.05) is 18.5 Å². The van der Waals surface area contributed by atoms with Crippen LogP contribution in [0, 0.1) is 5.92 Å². The van der Waals surface area contributed by atoms with E-state index in [-0.39, 0.29) is 5.91 Å². The minimum atomic E-state index is 0.267. The number of benzene rings is 1. The van der Waals surface area contributed by atoms with Crippen molar-refractivity contribution in [3.05, 3.63) is 35.4 Å². The maximum atomic E-state index is 11.8. The van der Waals surface area contributed by atoms with Crippen molar-refractivity contribution in [2.45, 2.75) is 26.5 Å². The summed E-state index contributed by atoms with van der Waals surface area (Å²) in [5.41, 5.74) is 2.36. The molecule has 1 atom stereocenters. The Morgan fingerprint density at radius 1 is 1.32 bits per heavy atom. The Balaban J connectivity index is 1.91. The Morgan fingerprint density at radius 3 is 2.58 bits per heavy atom. The van der Waals surface area contributed by atoms with Crippen LogP contribution in [0.2, 0.25) is 0 Å². The second-order valence-corrected chi connectivity index (χ2v) is 5.60. The number of likely N-dealkylation sites (tertiary alicyclic amines) is 1. The Hall–Kier alpha value is -0.870. The molecule has 104 valence electrons. The van der Waals surface area contributed by atoms with Gasteiger partial charge in [-0.15, -0.1) is 0 Å². The lowest BCUT2D eigenvalue weighted by molar-refractivity contribution is -0.128. The molecule has 1 aromatic carbocycles. The molecule has 1 amide bonds. The van der Waals surface area contributed by atoms with Crippen LogP contribution < -0.4 is 0 Å². The van der Waals surface area contributed by atoms with E-state index in [1.807, 2.05) is 11.8 Å². The number of hydrogen-bond donors (Lipinski definition) is 0. The zero-order valence-corrected chi connectivity index (χ0v) is 12.9. The van der Waals surface area contributed by atoms with Gasteiger partial charge in [0.1, 0.15) is 0 Å². The van der Waals surface area contributed by atoms with Gasteiger partial charge in [0.05, 0.1) is 6.61 Å². The monoisotopic (exact) mass is 325 g/mol. The number of amides is 1. The van der Waals surface area contributed by atoms with Crippen LogP contribution in [-0.2, 0) is 22.7 Å². The molecule has 1 saturated heterocycles. The molecule has 1 aliphatic rings. The van der Waals surface area contributed by atoms with Gasteiger partial charge in [-0.1, -0.05) is 40.2 Å². The minimum absolute atomic E-state index is 0.267. The highest BCUT2D eigenvalue weighted by Gasteiger charge is 2.28. The minimum Gasteiger partial charge on any atom is -0.377 e. The molecule has 1 heterocycles. The number of halogens is 1. The molecule has 0 N–H and O–H groups in total. The Kier molecular flexibility index (Phi) is 5.40. The molecule has 19 heavy (non-hydrogen) atoms. The molecule has 0 aromatic heterocycles. The average Bonchev–Trinajstić information content (AvgIpc) is 2.79. The van der Waals surface area contributed by atoms with Crippen molar-refractivity contribution in [2.24, 2.45) is 5.92 Å². The smallest absolute Gasteiger partial charge is 0.223 e. The van der Waals surface area contributed by atoms with E-state index in [1.165, 1.54) is 11.1 Å². The SMILES string of the molecule is CCOCc1ccc(CN2CC(CBr)CC2=O)cc1. The van der Waals surface area contributed by atoms with Crippen molar-refractivity contribution in [1.29, 1.82) is 0 Å². The van der Waals surface area contributed by atoms with Gasteiger partial charge < -0.3 is 9.64 Å². The van der Waals surface area contributed by atoms with Gasteiger partial charge in [-0.3, -0.25) is 4.79 Å².